The summed E-state index contributed by atoms with van der Waals surface area (Å²) in [7, 11) is 0. The fourth-order valence-corrected chi connectivity index (χ4v) is 3.38. The Morgan fingerprint density at radius 1 is 1.10 bits per heavy atom. The van der Waals surface area contributed by atoms with Gasteiger partial charge in [-0.3, -0.25) is 19.5 Å². The van der Waals surface area contributed by atoms with Crippen LogP contribution in [0.1, 0.15) is 25.5 Å². The van der Waals surface area contributed by atoms with Gasteiger partial charge in [-0.15, -0.1) is 0 Å². The van der Waals surface area contributed by atoms with Crippen molar-refractivity contribution in [2.75, 3.05) is 31.6 Å². The number of anilines is 1. The van der Waals surface area contributed by atoms with Crippen molar-refractivity contribution in [1.82, 2.24) is 15.2 Å². The fourth-order valence-electron chi connectivity index (χ4n) is 3.38. The smallest absolute Gasteiger partial charge is 0.313 e. The van der Waals surface area contributed by atoms with Crippen LogP contribution in [0.4, 0.5) is 5.69 Å². The number of nitrogens with zero attached hydrogens (tertiary/aromatic N) is 2. The van der Waals surface area contributed by atoms with E-state index < -0.39 is 11.8 Å². The molecule has 0 radical (unpaired) electrons. The molecular weight excluding hydrogens is 368 g/mol. The Morgan fingerprint density at radius 2 is 1.86 bits per heavy atom. The van der Waals surface area contributed by atoms with Crippen molar-refractivity contribution in [2.45, 2.75) is 26.3 Å². The van der Waals surface area contributed by atoms with Crippen molar-refractivity contribution in [3.63, 3.8) is 0 Å². The third kappa shape index (κ3) is 6.57. The first kappa shape index (κ1) is 20.8. The molecule has 3 rings (SSSR count). The minimum absolute atomic E-state index is 0.386. The fraction of sp³-hybridized carbons (Fsp3) is 0.409. The highest BCUT2D eigenvalue weighted by atomic mass is 16.5. The van der Waals surface area contributed by atoms with Crippen LogP contribution in [0.15, 0.2) is 48.7 Å². The lowest BCUT2D eigenvalue weighted by Crippen LogP contribution is -2.41. The predicted octanol–water partition coefficient (Wildman–Crippen LogP) is 2.45. The molecule has 29 heavy (non-hydrogen) atoms. The van der Waals surface area contributed by atoms with E-state index in [0.29, 0.717) is 24.8 Å². The summed E-state index contributed by atoms with van der Waals surface area (Å²) in [5.74, 6) is -0.141. The minimum atomic E-state index is -0.651. The average Bonchev–Trinajstić information content (AvgIpc) is 2.75. The number of benzene rings is 1. The Bertz CT molecular complexity index is 787. The molecule has 1 saturated heterocycles. The van der Waals surface area contributed by atoms with Crippen molar-refractivity contribution in [1.29, 1.82) is 0 Å². The van der Waals surface area contributed by atoms with Crippen LogP contribution < -0.4 is 15.4 Å². The molecule has 2 amide bonds. The molecule has 2 aromatic rings. The lowest BCUT2D eigenvalue weighted by Gasteiger charge is -2.31. The van der Waals surface area contributed by atoms with E-state index in [-0.39, 0.29) is 0 Å². The largest absolute Gasteiger partial charge is 0.494 e. The molecule has 0 unspecified atom stereocenters. The van der Waals surface area contributed by atoms with Crippen LogP contribution in [-0.4, -0.2) is 47.9 Å². The number of rotatable bonds is 7. The second-order valence-electron chi connectivity index (χ2n) is 7.16. The summed E-state index contributed by atoms with van der Waals surface area (Å²) >= 11 is 0. The highest BCUT2D eigenvalue weighted by Gasteiger charge is 2.21. The van der Waals surface area contributed by atoms with Crippen LogP contribution >= 0.6 is 0 Å². The van der Waals surface area contributed by atoms with Gasteiger partial charge in [-0.05, 0) is 75.2 Å². The SMILES string of the molecule is CCOc1ccc(NC(=O)C(=O)NCC2CCN(Cc3ccccn3)CC2)cc1. The first-order valence-electron chi connectivity index (χ1n) is 10.1. The van der Waals surface area contributed by atoms with E-state index in [1.165, 1.54) is 0 Å². The topological polar surface area (TPSA) is 83.6 Å². The van der Waals surface area contributed by atoms with Gasteiger partial charge in [0.2, 0.25) is 0 Å². The van der Waals surface area contributed by atoms with Gasteiger partial charge >= 0.3 is 11.8 Å². The van der Waals surface area contributed by atoms with E-state index in [1.54, 1.807) is 24.3 Å². The van der Waals surface area contributed by atoms with Crippen molar-refractivity contribution in [2.24, 2.45) is 5.92 Å². The lowest BCUT2D eigenvalue weighted by atomic mass is 9.96. The number of aromatic nitrogens is 1. The molecule has 0 atom stereocenters. The van der Waals surface area contributed by atoms with E-state index in [9.17, 15) is 9.59 Å². The summed E-state index contributed by atoms with van der Waals surface area (Å²) in [5, 5.41) is 5.37. The van der Waals surface area contributed by atoms with Crippen LogP contribution in [0.3, 0.4) is 0 Å². The maximum Gasteiger partial charge on any atom is 0.313 e. The van der Waals surface area contributed by atoms with Crippen molar-refractivity contribution < 1.29 is 14.3 Å². The van der Waals surface area contributed by atoms with Gasteiger partial charge in [0, 0.05) is 25.0 Å². The van der Waals surface area contributed by atoms with Crippen LogP contribution in [0.2, 0.25) is 0 Å². The predicted molar refractivity (Wildman–Crippen MR) is 111 cm³/mol. The van der Waals surface area contributed by atoms with E-state index in [4.69, 9.17) is 4.74 Å². The molecule has 1 aliphatic rings. The molecule has 0 bridgehead atoms. The molecule has 2 N–H and O–H groups in total. The normalized spacial score (nSPS) is 14.9. The Labute approximate surface area is 171 Å². The molecule has 154 valence electrons. The third-order valence-electron chi connectivity index (χ3n) is 5.00. The first-order valence-corrected chi connectivity index (χ1v) is 10.1. The van der Waals surface area contributed by atoms with Crippen molar-refractivity contribution in [3.05, 3.63) is 54.4 Å². The van der Waals surface area contributed by atoms with E-state index >= 15 is 0 Å². The van der Waals surface area contributed by atoms with Gasteiger partial charge in [-0.1, -0.05) is 6.07 Å². The molecule has 1 aromatic heterocycles. The molecule has 0 spiro atoms. The van der Waals surface area contributed by atoms with Crippen LogP contribution in [0, 0.1) is 5.92 Å². The molecule has 1 aliphatic heterocycles. The average molecular weight is 396 g/mol. The minimum Gasteiger partial charge on any atom is -0.494 e. The second-order valence-corrected chi connectivity index (χ2v) is 7.16. The molecule has 1 aromatic carbocycles. The van der Waals surface area contributed by atoms with Gasteiger partial charge in [-0.2, -0.15) is 0 Å². The van der Waals surface area contributed by atoms with Crippen LogP contribution in [-0.2, 0) is 16.1 Å². The highest BCUT2D eigenvalue weighted by molar-refractivity contribution is 6.39. The highest BCUT2D eigenvalue weighted by Crippen LogP contribution is 2.18. The summed E-state index contributed by atoms with van der Waals surface area (Å²) < 4.78 is 5.36. The number of hydrogen-bond acceptors (Lipinski definition) is 5. The lowest BCUT2D eigenvalue weighted by molar-refractivity contribution is -0.136. The number of hydrogen-bond donors (Lipinski definition) is 2. The zero-order valence-electron chi connectivity index (χ0n) is 16.8. The number of amides is 2. The van der Waals surface area contributed by atoms with Gasteiger partial charge in [0.05, 0.1) is 12.3 Å². The monoisotopic (exact) mass is 396 g/mol. The maximum atomic E-state index is 12.1. The van der Waals surface area contributed by atoms with Gasteiger partial charge in [0.25, 0.3) is 0 Å². The Balaban J connectivity index is 1.36. The molecule has 0 saturated carbocycles. The van der Waals surface area contributed by atoms with E-state index in [1.807, 2.05) is 31.3 Å². The maximum absolute atomic E-state index is 12.1. The number of pyridine rings is 1. The number of carbonyl (C=O) groups excluding carboxylic acids is 2. The standard InChI is InChI=1S/C22H28N4O3/c1-2-29-20-8-6-18(7-9-20)25-22(28)21(27)24-15-17-10-13-26(14-11-17)16-19-5-3-4-12-23-19/h3-9,12,17H,2,10-11,13-16H2,1H3,(H,24,27)(H,25,28). The summed E-state index contributed by atoms with van der Waals surface area (Å²) in [4.78, 5) is 30.9. The molecule has 7 nitrogen and oxygen atoms in total. The van der Waals surface area contributed by atoms with Gasteiger partial charge < -0.3 is 15.4 Å². The van der Waals surface area contributed by atoms with E-state index in [2.05, 4.69) is 20.5 Å². The molecule has 7 heteroatoms. The van der Waals surface area contributed by atoms with Crippen LogP contribution in [0.25, 0.3) is 0 Å². The van der Waals surface area contributed by atoms with Crippen molar-refractivity contribution >= 4 is 17.5 Å². The zero-order valence-corrected chi connectivity index (χ0v) is 16.8. The quantitative estimate of drug-likeness (QED) is 0.703. The Kier molecular flexibility index (Phi) is 7.58. The first-order chi connectivity index (χ1) is 14.1. The van der Waals surface area contributed by atoms with Gasteiger partial charge in [0.15, 0.2) is 0 Å². The molecule has 1 fully saturated rings. The number of likely N-dealkylation sites (tertiary alicyclic amines) is 1. The molecular formula is C22H28N4O3. The number of nitrogens with one attached hydrogen (secondary N) is 2. The van der Waals surface area contributed by atoms with Crippen LogP contribution in [0.5, 0.6) is 5.75 Å². The summed E-state index contributed by atoms with van der Waals surface area (Å²) in [6.45, 7) is 5.79. The summed E-state index contributed by atoms with van der Waals surface area (Å²) in [6.07, 6.45) is 3.80. The Morgan fingerprint density at radius 3 is 2.52 bits per heavy atom. The molecule has 0 aliphatic carbocycles. The van der Waals surface area contributed by atoms with Crippen molar-refractivity contribution in [3.8, 4) is 5.75 Å². The number of carbonyl (C=O) groups is 2. The Hall–Kier alpha value is -2.93. The second kappa shape index (κ2) is 10.6. The summed E-state index contributed by atoms with van der Waals surface area (Å²) in [6, 6.07) is 12.9. The van der Waals surface area contributed by atoms with Gasteiger partial charge in [-0.25, -0.2) is 0 Å². The zero-order chi connectivity index (χ0) is 20.5. The molecule has 2 heterocycles. The number of ether oxygens (including phenoxy) is 1. The van der Waals surface area contributed by atoms with E-state index in [0.717, 1.165) is 43.9 Å². The third-order valence-corrected chi connectivity index (χ3v) is 5.00. The van der Waals surface area contributed by atoms with Gasteiger partial charge in [0.1, 0.15) is 5.75 Å². The number of piperidine rings is 1. The summed E-state index contributed by atoms with van der Waals surface area (Å²) in [5.41, 5.74) is 1.64.